The summed E-state index contributed by atoms with van der Waals surface area (Å²) in [6.07, 6.45) is 4.48. The summed E-state index contributed by atoms with van der Waals surface area (Å²) in [4.78, 5) is 13.1. The van der Waals surface area contributed by atoms with Crippen LogP contribution < -0.4 is 5.32 Å². The van der Waals surface area contributed by atoms with Gasteiger partial charge in [-0.1, -0.05) is 12.8 Å². The molecule has 1 N–H and O–H groups in total. The van der Waals surface area contributed by atoms with E-state index >= 15 is 0 Å². The lowest BCUT2D eigenvalue weighted by atomic mass is 10.2. The maximum Gasteiger partial charge on any atom is 0.243 e. The number of furan rings is 1. The number of hydrogen-bond acceptors (Lipinski definition) is 5. The molecule has 0 radical (unpaired) electrons. The van der Waals surface area contributed by atoms with Crippen LogP contribution in [0, 0.1) is 0 Å². The van der Waals surface area contributed by atoms with Gasteiger partial charge >= 0.3 is 0 Å². The predicted octanol–water partition coefficient (Wildman–Crippen LogP) is 1.75. The fourth-order valence-electron chi connectivity index (χ4n) is 2.32. The quantitative estimate of drug-likeness (QED) is 0.917. The smallest absolute Gasteiger partial charge is 0.243 e. The van der Waals surface area contributed by atoms with Crippen LogP contribution in [0.25, 0.3) is 11.6 Å². The number of nitrogens with zero attached hydrogens (tertiary/aromatic N) is 4. The number of rotatable bonds is 4. The first-order valence-electron chi connectivity index (χ1n) is 6.53. The van der Waals surface area contributed by atoms with Gasteiger partial charge in [0.2, 0.25) is 11.7 Å². The van der Waals surface area contributed by atoms with E-state index in [9.17, 15) is 4.79 Å². The summed E-state index contributed by atoms with van der Waals surface area (Å²) < 4.78 is 5.93. The van der Waals surface area contributed by atoms with E-state index < -0.39 is 0 Å². The molecule has 1 fully saturated rings. The fraction of sp³-hybridized carbons (Fsp3) is 0.500. The molecule has 0 unspecified atom stereocenters. The minimum atomic E-state index is -0.0820. The molecule has 0 aromatic carbocycles. The lowest BCUT2D eigenvalue weighted by Gasteiger charge is -2.10. The molecule has 2 aromatic heterocycles. The lowest BCUT2D eigenvalue weighted by molar-refractivity contribution is -0.122. The summed E-state index contributed by atoms with van der Waals surface area (Å²) in [7, 11) is 0. The molecule has 8 heteroatoms. The first kappa shape index (κ1) is 13.3. The third kappa shape index (κ3) is 3.06. The van der Waals surface area contributed by atoms with E-state index in [1.165, 1.54) is 17.6 Å². The molecule has 1 aliphatic carbocycles. The van der Waals surface area contributed by atoms with Crippen LogP contribution in [-0.2, 0) is 11.3 Å². The zero-order chi connectivity index (χ0) is 13.9. The molecule has 0 atom stereocenters. The van der Waals surface area contributed by atoms with Crippen molar-refractivity contribution >= 4 is 21.8 Å². The van der Waals surface area contributed by atoms with Gasteiger partial charge in [0.05, 0.1) is 0 Å². The Morgan fingerprint density at radius 2 is 2.25 bits per heavy atom. The standard InChI is InChI=1S/C12H14BrN5O2/c13-10-6-5-9(20-10)12-15-17-18(16-12)7-11(19)14-8-3-1-2-4-8/h5-6,8H,1-4,7H2,(H,14,19). The molecule has 1 saturated carbocycles. The molecule has 20 heavy (non-hydrogen) atoms. The molecule has 2 heterocycles. The minimum absolute atomic E-state index is 0.0748. The summed E-state index contributed by atoms with van der Waals surface area (Å²) in [6.45, 7) is 0.0748. The summed E-state index contributed by atoms with van der Waals surface area (Å²) in [5, 5.41) is 14.8. The number of carbonyl (C=O) groups excluding carboxylic acids is 1. The van der Waals surface area contributed by atoms with Crippen molar-refractivity contribution in [3.8, 4) is 11.6 Å². The fourth-order valence-corrected chi connectivity index (χ4v) is 2.62. The summed E-state index contributed by atoms with van der Waals surface area (Å²) >= 11 is 3.21. The van der Waals surface area contributed by atoms with Crippen LogP contribution in [0.2, 0.25) is 0 Å². The number of amides is 1. The van der Waals surface area contributed by atoms with Crippen molar-refractivity contribution in [2.24, 2.45) is 0 Å². The topological polar surface area (TPSA) is 85.8 Å². The molecule has 1 aliphatic rings. The normalized spacial score (nSPS) is 15.7. The molecule has 1 amide bonds. The number of aromatic nitrogens is 4. The van der Waals surface area contributed by atoms with Crippen molar-refractivity contribution in [1.82, 2.24) is 25.5 Å². The summed E-state index contributed by atoms with van der Waals surface area (Å²) in [6, 6.07) is 3.79. The molecular weight excluding hydrogens is 326 g/mol. The zero-order valence-electron chi connectivity index (χ0n) is 10.8. The van der Waals surface area contributed by atoms with Crippen LogP contribution in [0.15, 0.2) is 21.2 Å². The summed E-state index contributed by atoms with van der Waals surface area (Å²) in [5.74, 6) is 0.796. The van der Waals surface area contributed by atoms with Crippen molar-refractivity contribution < 1.29 is 9.21 Å². The van der Waals surface area contributed by atoms with Crippen LogP contribution in [0.3, 0.4) is 0 Å². The Hall–Kier alpha value is -1.70. The highest BCUT2D eigenvalue weighted by Crippen LogP contribution is 2.21. The Bertz CT molecular complexity index is 603. The number of hydrogen-bond donors (Lipinski definition) is 1. The van der Waals surface area contributed by atoms with E-state index in [1.54, 1.807) is 12.1 Å². The van der Waals surface area contributed by atoms with Crippen molar-refractivity contribution in [2.75, 3.05) is 0 Å². The Morgan fingerprint density at radius 1 is 1.45 bits per heavy atom. The number of carbonyl (C=O) groups is 1. The largest absolute Gasteiger partial charge is 0.446 e. The van der Waals surface area contributed by atoms with Gasteiger partial charge in [0, 0.05) is 6.04 Å². The van der Waals surface area contributed by atoms with Crippen molar-refractivity contribution in [2.45, 2.75) is 38.3 Å². The molecule has 0 saturated heterocycles. The second kappa shape index (κ2) is 5.74. The number of tetrazole rings is 1. The third-order valence-electron chi connectivity index (χ3n) is 3.25. The molecule has 0 bridgehead atoms. The van der Waals surface area contributed by atoms with E-state index in [0.717, 1.165) is 12.8 Å². The average Bonchev–Trinajstić information content (AvgIpc) is 3.10. The highest BCUT2D eigenvalue weighted by atomic mass is 79.9. The molecule has 0 aliphatic heterocycles. The first-order chi connectivity index (χ1) is 9.70. The van der Waals surface area contributed by atoms with E-state index in [1.807, 2.05) is 0 Å². The average molecular weight is 340 g/mol. The zero-order valence-corrected chi connectivity index (χ0v) is 12.3. The molecule has 7 nitrogen and oxygen atoms in total. The monoisotopic (exact) mass is 339 g/mol. The summed E-state index contributed by atoms with van der Waals surface area (Å²) in [5.41, 5.74) is 0. The van der Waals surface area contributed by atoms with Crippen LogP contribution in [0.1, 0.15) is 25.7 Å². The van der Waals surface area contributed by atoms with Gasteiger partial charge in [-0.2, -0.15) is 4.80 Å². The van der Waals surface area contributed by atoms with Gasteiger partial charge < -0.3 is 9.73 Å². The van der Waals surface area contributed by atoms with Crippen LogP contribution in [0.5, 0.6) is 0 Å². The van der Waals surface area contributed by atoms with Crippen molar-refractivity contribution in [3.63, 3.8) is 0 Å². The van der Waals surface area contributed by atoms with Crippen LogP contribution in [0.4, 0.5) is 0 Å². The predicted molar refractivity (Wildman–Crippen MR) is 73.6 cm³/mol. The highest BCUT2D eigenvalue weighted by molar-refractivity contribution is 9.10. The molecule has 3 rings (SSSR count). The Balaban J connectivity index is 1.60. The second-order valence-electron chi connectivity index (χ2n) is 4.80. The van der Waals surface area contributed by atoms with E-state index in [-0.39, 0.29) is 12.5 Å². The minimum Gasteiger partial charge on any atom is -0.446 e. The van der Waals surface area contributed by atoms with Gasteiger partial charge in [0.1, 0.15) is 6.54 Å². The van der Waals surface area contributed by atoms with Gasteiger partial charge in [0.25, 0.3) is 0 Å². The Morgan fingerprint density at radius 3 is 2.95 bits per heavy atom. The molecule has 0 spiro atoms. The van der Waals surface area contributed by atoms with Gasteiger partial charge in [-0.15, -0.1) is 10.2 Å². The maximum atomic E-state index is 11.8. The third-order valence-corrected chi connectivity index (χ3v) is 3.68. The number of nitrogens with one attached hydrogen (secondary N) is 1. The van der Waals surface area contributed by atoms with Gasteiger partial charge in [-0.3, -0.25) is 4.79 Å². The van der Waals surface area contributed by atoms with Crippen LogP contribution >= 0.6 is 15.9 Å². The molecular formula is C12H14BrN5O2. The molecule has 106 valence electrons. The SMILES string of the molecule is O=C(Cn1nnc(-c2ccc(Br)o2)n1)NC1CCCC1. The second-order valence-corrected chi connectivity index (χ2v) is 5.58. The van der Waals surface area contributed by atoms with E-state index in [0.29, 0.717) is 22.3 Å². The van der Waals surface area contributed by atoms with Gasteiger partial charge in [0.15, 0.2) is 10.4 Å². The van der Waals surface area contributed by atoms with E-state index in [4.69, 9.17) is 4.42 Å². The lowest BCUT2D eigenvalue weighted by Crippen LogP contribution is -2.35. The number of halogens is 1. The maximum absolute atomic E-state index is 11.8. The van der Waals surface area contributed by atoms with Gasteiger partial charge in [-0.05, 0) is 46.1 Å². The first-order valence-corrected chi connectivity index (χ1v) is 7.33. The van der Waals surface area contributed by atoms with Crippen LogP contribution in [-0.4, -0.2) is 32.2 Å². The highest BCUT2D eigenvalue weighted by Gasteiger charge is 2.18. The molecule has 2 aromatic rings. The Kier molecular flexibility index (Phi) is 3.81. The van der Waals surface area contributed by atoms with E-state index in [2.05, 4.69) is 36.7 Å². The van der Waals surface area contributed by atoms with Gasteiger partial charge in [-0.25, -0.2) is 0 Å². The van der Waals surface area contributed by atoms with Crippen molar-refractivity contribution in [1.29, 1.82) is 0 Å². The Labute approximate surface area is 123 Å². The van der Waals surface area contributed by atoms with Crippen molar-refractivity contribution in [3.05, 3.63) is 16.8 Å².